The number of halogens is 1. The second kappa shape index (κ2) is 5.50. The average molecular weight is 135 g/mol. The van der Waals surface area contributed by atoms with Gasteiger partial charge in [0, 0.05) is 6.54 Å². The fourth-order valence-corrected chi connectivity index (χ4v) is 0.370. The quantitative estimate of drug-likeness (QED) is 0.543. The Balaban J connectivity index is 3.06. The van der Waals surface area contributed by atoms with Crippen molar-refractivity contribution in [1.29, 1.82) is 0 Å². The summed E-state index contributed by atoms with van der Waals surface area (Å²) in [5.41, 5.74) is 0. The predicted octanol–water partition coefficient (Wildman–Crippen LogP) is -0.546. The maximum Gasteiger partial charge on any atom is 0.222 e. The van der Waals surface area contributed by atoms with Gasteiger partial charge in [0.25, 0.3) is 0 Å². The van der Waals surface area contributed by atoms with E-state index in [9.17, 15) is 9.18 Å². The molecule has 0 radical (unpaired) electrons. The molecule has 0 saturated heterocycles. The van der Waals surface area contributed by atoms with Gasteiger partial charge in [-0.2, -0.15) is 0 Å². The standard InChI is InChI=1S/C5H10FNO2/c6-2-1-5(9)7-3-4-8/h8H,1-4H2,(H,7,9). The third-order valence-corrected chi connectivity index (χ3v) is 0.756. The number of rotatable bonds is 4. The van der Waals surface area contributed by atoms with E-state index in [1.54, 1.807) is 0 Å². The summed E-state index contributed by atoms with van der Waals surface area (Å²) in [5, 5.41) is 10.5. The van der Waals surface area contributed by atoms with Crippen LogP contribution in [0.1, 0.15) is 6.42 Å². The lowest BCUT2D eigenvalue weighted by Gasteiger charge is -1.97. The molecule has 2 N–H and O–H groups in total. The molecule has 0 saturated carbocycles. The first-order valence-corrected chi connectivity index (χ1v) is 2.74. The van der Waals surface area contributed by atoms with Crippen LogP contribution in [0, 0.1) is 0 Å². The molecule has 0 aromatic rings. The van der Waals surface area contributed by atoms with Crippen LogP contribution in [0.15, 0.2) is 0 Å². The van der Waals surface area contributed by atoms with Gasteiger partial charge in [-0.3, -0.25) is 9.18 Å². The number of amides is 1. The fraction of sp³-hybridized carbons (Fsp3) is 0.800. The highest BCUT2D eigenvalue weighted by atomic mass is 19.1. The van der Waals surface area contributed by atoms with Gasteiger partial charge in [-0.25, -0.2) is 0 Å². The van der Waals surface area contributed by atoms with Crippen LogP contribution in [0.4, 0.5) is 4.39 Å². The van der Waals surface area contributed by atoms with Gasteiger partial charge in [0.05, 0.1) is 19.7 Å². The minimum absolute atomic E-state index is 0.0992. The number of carbonyl (C=O) groups excluding carboxylic acids is 1. The van der Waals surface area contributed by atoms with Crippen LogP contribution in [0.3, 0.4) is 0 Å². The number of hydrogen-bond acceptors (Lipinski definition) is 2. The van der Waals surface area contributed by atoms with E-state index < -0.39 is 6.67 Å². The van der Waals surface area contributed by atoms with Gasteiger partial charge in [0.2, 0.25) is 5.91 Å². The van der Waals surface area contributed by atoms with Crippen molar-refractivity contribution in [2.45, 2.75) is 6.42 Å². The fourth-order valence-electron chi connectivity index (χ4n) is 0.370. The van der Waals surface area contributed by atoms with E-state index in [0.29, 0.717) is 0 Å². The Labute approximate surface area is 52.9 Å². The van der Waals surface area contributed by atoms with Crippen molar-refractivity contribution < 1.29 is 14.3 Å². The molecular weight excluding hydrogens is 125 g/mol. The van der Waals surface area contributed by atoms with Crippen LogP contribution in [-0.2, 0) is 4.79 Å². The van der Waals surface area contributed by atoms with Crippen LogP contribution in [0.5, 0.6) is 0 Å². The van der Waals surface area contributed by atoms with Crippen molar-refractivity contribution >= 4 is 5.91 Å². The first-order chi connectivity index (χ1) is 4.31. The van der Waals surface area contributed by atoms with Gasteiger partial charge >= 0.3 is 0 Å². The van der Waals surface area contributed by atoms with Gasteiger partial charge in [0.1, 0.15) is 0 Å². The van der Waals surface area contributed by atoms with Crippen LogP contribution in [-0.4, -0.2) is 30.8 Å². The maximum absolute atomic E-state index is 11.3. The molecule has 0 aromatic heterocycles. The molecule has 0 fully saturated rings. The Morgan fingerprint density at radius 1 is 1.67 bits per heavy atom. The monoisotopic (exact) mass is 135 g/mol. The van der Waals surface area contributed by atoms with E-state index in [2.05, 4.69) is 5.32 Å². The average Bonchev–Trinajstić information content (AvgIpc) is 1.85. The summed E-state index contributed by atoms with van der Waals surface area (Å²) in [7, 11) is 0. The molecule has 0 heterocycles. The topological polar surface area (TPSA) is 49.3 Å². The van der Waals surface area contributed by atoms with Gasteiger partial charge < -0.3 is 10.4 Å². The van der Waals surface area contributed by atoms with Crippen molar-refractivity contribution in [3.05, 3.63) is 0 Å². The Hall–Kier alpha value is -0.640. The second-order valence-electron chi connectivity index (χ2n) is 1.51. The number of aliphatic hydroxyl groups is 1. The Morgan fingerprint density at radius 3 is 2.78 bits per heavy atom. The largest absolute Gasteiger partial charge is 0.395 e. The third kappa shape index (κ3) is 5.23. The van der Waals surface area contributed by atoms with Crippen molar-refractivity contribution in [2.75, 3.05) is 19.8 Å². The predicted molar refractivity (Wildman–Crippen MR) is 30.7 cm³/mol. The van der Waals surface area contributed by atoms with Crippen LogP contribution in [0.2, 0.25) is 0 Å². The van der Waals surface area contributed by atoms with Crippen molar-refractivity contribution in [3.8, 4) is 0 Å². The van der Waals surface area contributed by atoms with Gasteiger partial charge in [-0.05, 0) is 0 Å². The second-order valence-corrected chi connectivity index (χ2v) is 1.51. The molecule has 3 nitrogen and oxygen atoms in total. The Kier molecular flexibility index (Phi) is 5.11. The summed E-state index contributed by atoms with van der Waals surface area (Å²) >= 11 is 0. The highest BCUT2D eigenvalue weighted by Crippen LogP contribution is 1.78. The zero-order valence-corrected chi connectivity index (χ0v) is 5.06. The molecule has 9 heavy (non-hydrogen) atoms. The molecule has 0 unspecified atom stereocenters. The molecule has 0 aliphatic carbocycles. The summed E-state index contributed by atoms with van der Waals surface area (Å²) in [6, 6.07) is 0. The minimum Gasteiger partial charge on any atom is -0.395 e. The van der Waals surface area contributed by atoms with Crippen LogP contribution < -0.4 is 5.32 Å². The maximum atomic E-state index is 11.3. The molecule has 0 atom stereocenters. The van der Waals surface area contributed by atoms with Crippen molar-refractivity contribution in [3.63, 3.8) is 0 Å². The third-order valence-electron chi connectivity index (χ3n) is 0.756. The van der Waals surface area contributed by atoms with Crippen molar-refractivity contribution in [2.24, 2.45) is 0 Å². The van der Waals surface area contributed by atoms with E-state index in [-0.39, 0.29) is 25.5 Å². The summed E-state index contributed by atoms with van der Waals surface area (Å²) in [6.45, 7) is -0.534. The Bertz CT molecular complexity index is 87.0. The number of carbonyl (C=O) groups is 1. The molecule has 0 bridgehead atoms. The lowest BCUT2D eigenvalue weighted by molar-refractivity contribution is -0.121. The first kappa shape index (κ1) is 8.36. The summed E-state index contributed by atoms with van der Waals surface area (Å²) < 4.78 is 11.3. The molecule has 4 heteroatoms. The van der Waals surface area contributed by atoms with E-state index in [0.717, 1.165) is 0 Å². The van der Waals surface area contributed by atoms with Crippen LogP contribution >= 0.6 is 0 Å². The van der Waals surface area contributed by atoms with E-state index in [1.807, 2.05) is 0 Å². The molecule has 0 spiro atoms. The van der Waals surface area contributed by atoms with Gasteiger partial charge in [-0.1, -0.05) is 0 Å². The first-order valence-electron chi connectivity index (χ1n) is 2.74. The lowest BCUT2D eigenvalue weighted by atomic mass is 10.4. The van der Waals surface area contributed by atoms with Gasteiger partial charge in [0.15, 0.2) is 0 Å². The minimum atomic E-state index is -0.642. The normalized spacial score (nSPS) is 9.11. The highest BCUT2D eigenvalue weighted by Gasteiger charge is 1.96. The zero-order chi connectivity index (χ0) is 7.11. The van der Waals surface area contributed by atoms with Crippen molar-refractivity contribution in [1.82, 2.24) is 5.32 Å². The summed E-state index contributed by atoms with van der Waals surface area (Å²) in [6.07, 6.45) is -0.111. The highest BCUT2D eigenvalue weighted by molar-refractivity contribution is 5.75. The summed E-state index contributed by atoms with van der Waals surface area (Å²) in [4.78, 5) is 10.3. The van der Waals surface area contributed by atoms with E-state index in [4.69, 9.17) is 5.11 Å². The van der Waals surface area contributed by atoms with E-state index in [1.165, 1.54) is 0 Å². The number of hydrogen-bond donors (Lipinski definition) is 2. The molecule has 0 aliphatic heterocycles. The van der Waals surface area contributed by atoms with Crippen LogP contribution in [0.25, 0.3) is 0 Å². The molecule has 0 rings (SSSR count). The number of aliphatic hydroxyl groups excluding tert-OH is 1. The van der Waals surface area contributed by atoms with Gasteiger partial charge in [-0.15, -0.1) is 0 Å². The molecule has 54 valence electrons. The lowest BCUT2D eigenvalue weighted by Crippen LogP contribution is -2.26. The molecule has 1 amide bonds. The smallest absolute Gasteiger partial charge is 0.222 e. The number of alkyl halides is 1. The SMILES string of the molecule is O=C(CCF)NCCO. The van der Waals surface area contributed by atoms with E-state index >= 15 is 0 Å². The molecular formula is C5H10FNO2. The molecule has 0 aliphatic rings. The molecule has 0 aromatic carbocycles. The summed E-state index contributed by atoms with van der Waals surface area (Å²) in [5.74, 6) is -0.355. The number of nitrogens with one attached hydrogen (secondary N) is 1. The Morgan fingerprint density at radius 2 is 2.33 bits per heavy atom. The zero-order valence-electron chi connectivity index (χ0n) is 5.06.